The number of nitrogens with two attached hydrogens (primary N) is 1. The van der Waals surface area contributed by atoms with Crippen LogP contribution in [0, 0.1) is 17.8 Å². The molecule has 2 aliphatic carbocycles. The third-order valence-corrected chi connectivity index (χ3v) is 7.61. The monoisotopic (exact) mass is 422 g/mol. The highest BCUT2D eigenvalue weighted by molar-refractivity contribution is 5.94. The molecule has 2 unspecified atom stereocenters. The van der Waals surface area contributed by atoms with Crippen molar-refractivity contribution in [1.82, 2.24) is 15.1 Å². The van der Waals surface area contributed by atoms with Crippen molar-refractivity contribution in [3.63, 3.8) is 0 Å². The molecule has 166 valence electrons. The number of nitrogens with one attached hydrogen (secondary N) is 1. The largest absolute Gasteiger partial charge is 0.369 e. The zero-order valence-corrected chi connectivity index (χ0v) is 18.3. The molecular formula is C25H34N4O2. The minimum Gasteiger partial charge on any atom is -0.369 e. The number of amides is 3. The van der Waals surface area contributed by atoms with Gasteiger partial charge in [-0.1, -0.05) is 49.6 Å². The summed E-state index contributed by atoms with van der Waals surface area (Å²) < 4.78 is 0. The van der Waals surface area contributed by atoms with Crippen LogP contribution in [0.2, 0.25) is 0 Å². The highest BCUT2D eigenvalue weighted by Crippen LogP contribution is 2.51. The second kappa shape index (κ2) is 8.56. The molecule has 0 aromatic heterocycles. The molecule has 5 rings (SSSR count). The summed E-state index contributed by atoms with van der Waals surface area (Å²) in [6.45, 7) is 2.78. The van der Waals surface area contributed by atoms with Gasteiger partial charge in [0.2, 0.25) is 5.91 Å². The SMILES string of the molecule is NC(=O)C1C(c2ccccc2)=C(C2CC2)N2CCN(C(=O)NCC3CCCCC3)CC12. The molecule has 1 aromatic rings. The van der Waals surface area contributed by atoms with Crippen LogP contribution in [0.15, 0.2) is 36.0 Å². The maximum absolute atomic E-state index is 13.0. The maximum Gasteiger partial charge on any atom is 0.317 e. The second-order valence-corrected chi connectivity index (χ2v) is 9.72. The molecule has 2 saturated carbocycles. The third-order valence-electron chi connectivity index (χ3n) is 7.61. The number of urea groups is 1. The van der Waals surface area contributed by atoms with Crippen LogP contribution in [0.4, 0.5) is 4.79 Å². The van der Waals surface area contributed by atoms with Crippen molar-refractivity contribution in [2.45, 2.75) is 51.0 Å². The van der Waals surface area contributed by atoms with Crippen LogP contribution in [0.25, 0.3) is 5.57 Å². The number of benzene rings is 1. The number of rotatable bonds is 5. The Kier molecular flexibility index (Phi) is 5.63. The number of piperazine rings is 1. The fourth-order valence-electron chi connectivity index (χ4n) is 5.91. The Morgan fingerprint density at radius 3 is 2.42 bits per heavy atom. The molecule has 2 heterocycles. The van der Waals surface area contributed by atoms with Crippen molar-refractivity contribution in [2.24, 2.45) is 23.5 Å². The molecule has 0 spiro atoms. The zero-order valence-electron chi connectivity index (χ0n) is 18.3. The fourth-order valence-corrected chi connectivity index (χ4v) is 5.91. The number of fused-ring (bicyclic) bond motifs is 1. The lowest BCUT2D eigenvalue weighted by atomic mass is 9.87. The normalized spacial score (nSPS) is 26.7. The summed E-state index contributed by atoms with van der Waals surface area (Å²) >= 11 is 0. The van der Waals surface area contributed by atoms with E-state index in [2.05, 4.69) is 22.3 Å². The molecule has 2 aliphatic heterocycles. The van der Waals surface area contributed by atoms with Gasteiger partial charge in [-0.2, -0.15) is 0 Å². The van der Waals surface area contributed by atoms with E-state index >= 15 is 0 Å². The molecule has 1 saturated heterocycles. The molecule has 1 aromatic carbocycles. The van der Waals surface area contributed by atoms with Crippen LogP contribution in [0.5, 0.6) is 0 Å². The van der Waals surface area contributed by atoms with Crippen molar-refractivity contribution < 1.29 is 9.59 Å². The minimum absolute atomic E-state index is 0.00887. The van der Waals surface area contributed by atoms with E-state index in [0.29, 0.717) is 24.9 Å². The van der Waals surface area contributed by atoms with Gasteiger partial charge in [0.05, 0.1) is 12.0 Å². The van der Waals surface area contributed by atoms with Crippen molar-refractivity contribution in [3.8, 4) is 0 Å². The summed E-state index contributed by atoms with van der Waals surface area (Å²) in [6, 6.07) is 10.2. The fraction of sp³-hybridized carbons (Fsp3) is 0.600. The van der Waals surface area contributed by atoms with Gasteiger partial charge in [0, 0.05) is 31.9 Å². The Balaban J connectivity index is 1.34. The standard InChI is InChI=1S/C25H34N4O2/c26-24(30)22-20-16-28(25(31)27-15-17-7-3-1-4-8-17)13-14-29(20)23(19-11-12-19)21(22)18-9-5-2-6-10-18/h2,5-6,9-10,17,19-20,22H,1,3-4,7-8,11-16H2,(H2,26,30)(H,27,31). The van der Waals surface area contributed by atoms with Crippen molar-refractivity contribution >= 4 is 17.5 Å². The van der Waals surface area contributed by atoms with Gasteiger partial charge >= 0.3 is 6.03 Å². The van der Waals surface area contributed by atoms with Gasteiger partial charge in [0.25, 0.3) is 0 Å². The Hall–Kier alpha value is -2.50. The summed E-state index contributed by atoms with van der Waals surface area (Å²) in [5, 5.41) is 3.17. The van der Waals surface area contributed by atoms with E-state index in [1.807, 2.05) is 23.1 Å². The molecule has 3 N–H and O–H groups in total. The summed E-state index contributed by atoms with van der Waals surface area (Å²) in [6.07, 6.45) is 8.66. The van der Waals surface area contributed by atoms with Crippen LogP contribution >= 0.6 is 0 Å². The lowest BCUT2D eigenvalue weighted by molar-refractivity contribution is -0.121. The quantitative estimate of drug-likeness (QED) is 0.765. The smallest absolute Gasteiger partial charge is 0.317 e. The average Bonchev–Trinajstić information content (AvgIpc) is 3.58. The zero-order chi connectivity index (χ0) is 21.4. The van der Waals surface area contributed by atoms with Gasteiger partial charge in [-0.3, -0.25) is 4.79 Å². The van der Waals surface area contributed by atoms with E-state index in [4.69, 9.17) is 5.73 Å². The minimum atomic E-state index is -0.369. The predicted molar refractivity (Wildman–Crippen MR) is 121 cm³/mol. The first-order valence-corrected chi connectivity index (χ1v) is 12.0. The van der Waals surface area contributed by atoms with Gasteiger partial charge in [-0.15, -0.1) is 0 Å². The number of hydrogen-bond acceptors (Lipinski definition) is 3. The number of hydrogen-bond donors (Lipinski definition) is 2. The van der Waals surface area contributed by atoms with Crippen LogP contribution < -0.4 is 11.1 Å². The lowest BCUT2D eigenvalue weighted by Crippen LogP contribution is -2.58. The van der Waals surface area contributed by atoms with Gasteiger partial charge in [-0.25, -0.2) is 4.79 Å². The maximum atomic E-state index is 13.0. The molecule has 6 nitrogen and oxygen atoms in total. The van der Waals surface area contributed by atoms with E-state index < -0.39 is 0 Å². The van der Waals surface area contributed by atoms with Gasteiger partial charge in [-0.05, 0) is 48.7 Å². The Morgan fingerprint density at radius 1 is 1.00 bits per heavy atom. The molecule has 0 radical (unpaired) electrons. The topological polar surface area (TPSA) is 78.7 Å². The van der Waals surface area contributed by atoms with Crippen LogP contribution in [0.3, 0.4) is 0 Å². The van der Waals surface area contributed by atoms with E-state index in [1.165, 1.54) is 50.6 Å². The highest BCUT2D eigenvalue weighted by atomic mass is 16.2. The van der Waals surface area contributed by atoms with Crippen LogP contribution in [-0.2, 0) is 4.79 Å². The molecule has 2 atom stereocenters. The molecule has 0 bridgehead atoms. The van der Waals surface area contributed by atoms with Crippen molar-refractivity contribution in [1.29, 1.82) is 0 Å². The van der Waals surface area contributed by atoms with E-state index in [9.17, 15) is 9.59 Å². The molecule has 31 heavy (non-hydrogen) atoms. The molecular weight excluding hydrogens is 388 g/mol. The van der Waals surface area contributed by atoms with Crippen LogP contribution in [0.1, 0.15) is 50.5 Å². The Morgan fingerprint density at radius 2 is 1.74 bits per heavy atom. The number of nitrogens with zero attached hydrogens (tertiary/aromatic N) is 2. The molecule has 6 heteroatoms. The van der Waals surface area contributed by atoms with Gasteiger partial charge in [0.1, 0.15) is 0 Å². The number of primary amides is 1. The second-order valence-electron chi connectivity index (χ2n) is 9.72. The highest BCUT2D eigenvalue weighted by Gasteiger charge is 2.50. The Bertz CT molecular complexity index is 858. The summed E-state index contributed by atoms with van der Waals surface area (Å²) in [5.74, 6) is 0.478. The molecule has 4 aliphatic rings. The van der Waals surface area contributed by atoms with Crippen molar-refractivity contribution in [2.75, 3.05) is 26.2 Å². The first kappa shape index (κ1) is 20.4. The Labute approximate surface area is 184 Å². The summed E-state index contributed by atoms with van der Waals surface area (Å²) in [5.41, 5.74) is 9.48. The summed E-state index contributed by atoms with van der Waals surface area (Å²) in [7, 11) is 0. The van der Waals surface area contributed by atoms with E-state index in [1.54, 1.807) is 0 Å². The van der Waals surface area contributed by atoms with Crippen molar-refractivity contribution in [3.05, 3.63) is 41.6 Å². The van der Waals surface area contributed by atoms with Crippen LogP contribution in [-0.4, -0.2) is 54.0 Å². The molecule has 3 amide bonds. The third kappa shape index (κ3) is 4.04. The predicted octanol–water partition coefficient (Wildman–Crippen LogP) is 3.20. The molecule has 3 fully saturated rings. The summed E-state index contributed by atoms with van der Waals surface area (Å²) in [4.78, 5) is 29.9. The first-order valence-electron chi connectivity index (χ1n) is 12.0. The van der Waals surface area contributed by atoms with E-state index in [0.717, 1.165) is 24.2 Å². The van der Waals surface area contributed by atoms with Gasteiger partial charge in [0.15, 0.2) is 0 Å². The average molecular weight is 423 g/mol. The lowest BCUT2D eigenvalue weighted by Gasteiger charge is -2.41. The first-order chi connectivity index (χ1) is 15.1. The number of allylic oxidation sites excluding steroid dienone is 1. The van der Waals surface area contributed by atoms with E-state index in [-0.39, 0.29) is 23.9 Å². The number of carbonyl (C=O) groups is 2. The number of carbonyl (C=O) groups excluding carboxylic acids is 2. The van der Waals surface area contributed by atoms with Gasteiger partial charge < -0.3 is 20.9 Å².